The number of aromatic nitrogens is 2. The quantitative estimate of drug-likeness (QED) is 0.864. The number of carboxylic acid groups (broad SMARTS) is 1. The molecule has 0 unspecified atom stereocenters. The SMILES string of the molecule is Cn1ccnc1CSc1ccc(F)c(C(=O)O)c1. The van der Waals surface area contributed by atoms with Gasteiger partial charge in [0.1, 0.15) is 11.6 Å². The second-order valence-corrected chi connectivity index (χ2v) is 4.74. The van der Waals surface area contributed by atoms with Gasteiger partial charge in [-0.25, -0.2) is 14.2 Å². The summed E-state index contributed by atoms with van der Waals surface area (Å²) in [6.07, 6.45) is 3.53. The molecule has 0 aliphatic heterocycles. The molecule has 94 valence electrons. The van der Waals surface area contributed by atoms with Gasteiger partial charge in [-0.15, -0.1) is 11.8 Å². The Morgan fingerprint density at radius 3 is 2.94 bits per heavy atom. The lowest BCUT2D eigenvalue weighted by Crippen LogP contribution is -2.00. The van der Waals surface area contributed by atoms with E-state index in [0.29, 0.717) is 10.6 Å². The molecule has 2 aromatic rings. The van der Waals surface area contributed by atoms with E-state index in [9.17, 15) is 9.18 Å². The van der Waals surface area contributed by atoms with Crippen LogP contribution in [-0.4, -0.2) is 20.6 Å². The highest BCUT2D eigenvalue weighted by atomic mass is 32.2. The molecule has 1 aromatic carbocycles. The zero-order valence-electron chi connectivity index (χ0n) is 9.63. The number of hydrogen-bond donors (Lipinski definition) is 1. The number of benzene rings is 1. The van der Waals surface area contributed by atoms with Crippen molar-refractivity contribution in [3.8, 4) is 0 Å². The number of halogens is 1. The number of thioether (sulfide) groups is 1. The van der Waals surface area contributed by atoms with Crippen molar-refractivity contribution in [1.29, 1.82) is 0 Å². The van der Waals surface area contributed by atoms with Gasteiger partial charge in [0.15, 0.2) is 0 Å². The zero-order chi connectivity index (χ0) is 13.1. The molecule has 0 spiro atoms. The van der Waals surface area contributed by atoms with Crippen molar-refractivity contribution in [2.75, 3.05) is 0 Å². The summed E-state index contributed by atoms with van der Waals surface area (Å²) in [4.78, 5) is 15.7. The Hall–Kier alpha value is -1.82. The molecule has 0 atom stereocenters. The van der Waals surface area contributed by atoms with Crippen LogP contribution in [0.15, 0.2) is 35.5 Å². The van der Waals surface area contributed by atoms with Crippen LogP contribution in [0.3, 0.4) is 0 Å². The van der Waals surface area contributed by atoms with Gasteiger partial charge in [0.05, 0.1) is 11.3 Å². The molecule has 0 radical (unpaired) electrons. The van der Waals surface area contributed by atoms with Crippen molar-refractivity contribution in [3.63, 3.8) is 0 Å². The van der Waals surface area contributed by atoms with Crippen LogP contribution >= 0.6 is 11.8 Å². The highest BCUT2D eigenvalue weighted by Crippen LogP contribution is 2.24. The van der Waals surface area contributed by atoms with E-state index in [4.69, 9.17) is 5.11 Å². The highest BCUT2D eigenvalue weighted by molar-refractivity contribution is 7.98. The standard InChI is InChI=1S/C12H11FN2O2S/c1-15-5-4-14-11(15)7-18-8-2-3-10(13)9(6-8)12(16)17/h2-6H,7H2,1H3,(H,16,17). The molecule has 1 aromatic heterocycles. The summed E-state index contributed by atoms with van der Waals surface area (Å²) < 4.78 is 15.1. The monoisotopic (exact) mass is 266 g/mol. The Bertz CT molecular complexity index is 583. The van der Waals surface area contributed by atoms with Crippen LogP contribution in [0.4, 0.5) is 4.39 Å². The molecule has 18 heavy (non-hydrogen) atoms. The Balaban J connectivity index is 2.13. The fraction of sp³-hybridized carbons (Fsp3) is 0.167. The van der Waals surface area contributed by atoms with Crippen molar-refractivity contribution in [2.24, 2.45) is 7.05 Å². The van der Waals surface area contributed by atoms with E-state index in [1.807, 2.05) is 17.8 Å². The van der Waals surface area contributed by atoms with Gasteiger partial charge in [0.2, 0.25) is 0 Å². The third-order valence-corrected chi connectivity index (χ3v) is 3.45. The van der Waals surface area contributed by atoms with E-state index < -0.39 is 11.8 Å². The Labute approximate surface area is 107 Å². The first-order valence-electron chi connectivity index (χ1n) is 5.20. The lowest BCUT2D eigenvalue weighted by molar-refractivity contribution is 0.0691. The third kappa shape index (κ3) is 2.70. The number of carboxylic acids is 1. The number of imidazole rings is 1. The summed E-state index contributed by atoms with van der Waals surface area (Å²) in [6.45, 7) is 0. The largest absolute Gasteiger partial charge is 0.478 e. The van der Waals surface area contributed by atoms with Crippen LogP contribution in [0.2, 0.25) is 0 Å². The Morgan fingerprint density at radius 2 is 2.33 bits per heavy atom. The summed E-state index contributed by atoms with van der Waals surface area (Å²) in [6, 6.07) is 4.07. The molecule has 6 heteroatoms. The van der Waals surface area contributed by atoms with E-state index in [1.54, 1.807) is 12.3 Å². The summed E-state index contributed by atoms with van der Waals surface area (Å²) in [5.41, 5.74) is -0.306. The maximum atomic E-state index is 13.2. The minimum atomic E-state index is -1.26. The van der Waals surface area contributed by atoms with Crippen molar-refractivity contribution in [3.05, 3.63) is 47.8 Å². The maximum absolute atomic E-state index is 13.2. The van der Waals surface area contributed by atoms with Gasteiger partial charge < -0.3 is 9.67 Å². The normalized spacial score (nSPS) is 10.6. The zero-order valence-corrected chi connectivity index (χ0v) is 10.4. The molecule has 0 aliphatic rings. The highest BCUT2D eigenvalue weighted by Gasteiger charge is 2.11. The maximum Gasteiger partial charge on any atom is 0.338 e. The number of aryl methyl sites for hydroxylation is 1. The molecule has 1 heterocycles. The predicted molar refractivity (Wildman–Crippen MR) is 66.1 cm³/mol. The lowest BCUT2D eigenvalue weighted by Gasteiger charge is -2.04. The summed E-state index contributed by atoms with van der Waals surface area (Å²) in [5.74, 6) is -0.495. The Morgan fingerprint density at radius 1 is 1.56 bits per heavy atom. The first-order chi connectivity index (χ1) is 8.58. The molecule has 0 saturated carbocycles. The van der Waals surface area contributed by atoms with E-state index in [1.165, 1.54) is 23.9 Å². The summed E-state index contributed by atoms with van der Waals surface area (Å²) in [7, 11) is 1.89. The number of aromatic carboxylic acids is 1. The predicted octanol–water partition coefficient (Wildman–Crippen LogP) is 2.55. The molecule has 1 N–H and O–H groups in total. The van der Waals surface area contributed by atoms with Crippen LogP contribution < -0.4 is 0 Å². The number of hydrogen-bond acceptors (Lipinski definition) is 3. The van der Waals surface area contributed by atoms with E-state index >= 15 is 0 Å². The fourth-order valence-corrected chi connectivity index (χ4v) is 2.38. The van der Waals surface area contributed by atoms with Gasteiger partial charge in [-0.3, -0.25) is 0 Å². The van der Waals surface area contributed by atoms with Crippen LogP contribution in [0.5, 0.6) is 0 Å². The van der Waals surface area contributed by atoms with Gasteiger partial charge >= 0.3 is 5.97 Å². The third-order valence-electron chi connectivity index (χ3n) is 2.46. The molecular weight excluding hydrogens is 255 g/mol. The molecule has 0 amide bonds. The van der Waals surface area contributed by atoms with E-state index in [2.05, 4.69) is 4.98 Å². The molecule has 2 rings (SSSR count). The first kappa shape index (κ1) is 12.6. The fourth-order valence-electron chi connectivity index (χ4n) is 1.44. The number of nitrogens with zero attached hydrogens (tertiary/aromatic N) is 2. The molecule has 0 fully saturated rings. The number of carbonyl (C=O) groups is 1. The first-order valence-corrected chi connectivity index (χ1v) is 6.18. The van der Waals surface area contributed by atoms with Crippen LogP contribution in [0, 0.1) is 5.82 Å². The van der Waals surface area contributed by atoms with Gasteiger partial charge in [-0.1, -0.05) is 0 Å². The number of rotatable bonds is 4. The second-order valence-electron chi connectivity index (χ2n) is 3.69. The van der Waals surface area contributed by atoms with Gasteiger partial charge in [0.25, 0.3) is 0 Å². The van der Waals surface area contributed by atoms with Crippen LogP contribution in [-0.2, 0) is 12.8 Å². The van der Waals surface area contributed by atoms with Crippen LogP contribution in [0.1, 0.15) is 16.2 Å². The topological polar surface area (TPSA) is 55.1 Å². The molecule has 0 bridgehead atoms. The van der Waals surface area contributed by atoms with Crippen molar-refractivity contribution in [2.45, 2.75) is 10.6 Å². The minimum Gasteiger partial charge on any atom is -0.478 e. The van der Waals surface area contributed by atoms with Crippen molar-refractivity contribution < 1.29 is 14.3 Å². The molecule has 0 saturated heterocycles. The van der Waals surface area contributed by atoms with Gasteiger partial charge in [-0.2, -0.15) is 0 Å². The van der Waals surface area contributed by atoms with Gasteiger partial charge in [-0.05, 0) is 18.2 Å². The second kappa shape index (κ2) is 5.22. The van der Waals surface area contributed by atoms with Crippen molar-refractivity contribution in [1.82, 2.24) is 9.55 Å². The van der Waals surface area contributed by atoms with Crippen molar-refractivity contribution >= 4 is 17.7 Å². The van der Waals surface area contributed by atoms with Crippen LogP contribution in [0.25, 0.3) is 0 Å². The summed E-state index contributed by atoms with van der Waals surface area (Å²) in [5, 5.41) is 8.82. The average molecular weight is 266 g/mol. The molecular formula is C12H11FN2O2S. The minimum absolute atomic E-state index is 0.306. The van der Waals surface area contributed by atoms with E-state index in [-0.39, 0.29) is 5.56 Å². The smallest absolute Gasteiger partial charge is 0.338 e. The van der Waals surface area contributed by atoms with E-state index in [0.717, 1.165) is 5.82 Å². The lowest BCUT2D eigenvalue weighted by atomic mass is 10.2. The van der Waals surface area contributed by atoms with Gasteiger partial charge in [0, 0.05) is 24.3 Å². The molecule has 4 nitrogen and oxygen atoms in total. The Kier molecular flexibility index (Phi) is 3.66. The molecule has 0 aliphatic carbocycles. The average Bonchev–Trinajstić information content (AvgIpc) is 2.73. The summed E-state index contributed by atoms with van der Waals surface area (Å²) >= 11 is 1.42.